The molecule has 1 saturated carbocycles. The van der Waals surface area contributed by atoms with Crippen molar-refractivity contribution < 1.29 is 33.8 Å². The summed E-state index contributed by atoms with van der Waals surface area (Å²) < 4.78 is 5.52. The zero-order chi connectivity index (χ0) is 34.0. The third-order valence-corrected chi connectivity index (χ3v) is 11.9. The van der Waals surface area contributed by atoms with Crippen LogP contribution in [0.2, 0.25) is 0 Å². The number of halogens is 3. The Kier molecular flexibility index (Phi) is 8.35. The van der Waals surface area contributed by atoms with Gasteiger partial charge in [-0.25, -0.2) is 0 Å². The van der Waals surface area contributed by atoms with E-state index in [1.54, 1.807) is 72.8 Å². The van der Waals surface area contributed by atoms with E-state index < -0.39 is 51.1 Å². The molecule has 2 aliphatic heterocycles. The van der Waals surface area contributed by atoms with E-state index in [1.165, 1.54) is 0 Å². The van der Waals surface area contributed by atoms with E-state index in [0.717, 1.165) is 9.80 Å². The van der Waals surface area contributed by atoms with Crippen LogP contribution in [0.1, 0.15) is 40.2 Å². The van der Waals surface area contributed by atoms with E-state index in [1.807, 2.05) is 12.1 Å². The number of hydrogen-bond acceptors (Lipinski definition) is 7. The first-order valence-electron chi connectivity index (χ1n) is 15.5. The van der Waals surface area contributed by atoms with E-state index in [2.05, 4.69) is 15.9 Å². The highest BCUT2D eigenvalue weighted by molar-refractivity contribution is 9.09. The summed E-state index contributed by atoms with van der Waals surface area (Å²) in [6, 6.07) is 22.0. The number of nitrogens with zero attached hydrogens (tertiary/aromatic N) is 2. The third kappa shape index (κ3) is 4.71. The van der Waals surface area contributed by atoms with Crippen molar-refractivity contribution in [3.8, 4) is 5.75 Å². The Hall–Kier alpha value is -3.83. The summed E-state index contributed by atoms with van der Waals surface area (Å²) >= 11 is 17.8. The van der Waals surface area contributed by atoms with E-state index in [4.69, 9.17) is 33.0 Å². The summed E-state index contributed by atoms with van der Waals surface area (Å²) in [7, 11) is 0. The maximum absolute atomic E-state index is 14.3. The minimum atomic E-state index is -1.91. The number of fused-ring (bicyclic) bond motifs is 4. The minimum Gasteiger partial charge on any atom is -0.491 e. The second-order valence-electron chi connectivity index (χ2n) is 12.4. The van der Waals surface area contributed by atoms with Gasteiger partial charge >= 0.3 is 0 Å². The van der Waals surface area contributed by atoms with Gasteiger partial charge in [0.2, 0.25) is 11.8 Å². The van der Waals surface area contributed by atoms with Gasteiger partial charge in [0.15, 0.2) is 15.5 Å². The monoisotopic (exact) mass is 750 g/mol. The number of carbonyl (C=O) groups is 5. The smallest absolute Gasteiger partial charge is 0.254 e. The number of amides is 4. The second kappa shape index (κ2) is 12.2. The summed E-state index contributed by atoms with van der Waals surface area (Å²) in [5.41, 5.74) is 2.42. The summed E-state index contributed by atoms with van der Waals surface area (Å²) in [5.74, 6) is -4.97. The van der Waals surface area contributed by atoms with Crippen LogP contribution in [-0.4, -0.2) is 67.8 Å². The van der Waals surface area contributed by atoms with Gasteiger partial charge in [-0.2, -0.15) is 0 Å². The lowest BCUT2D eigenvalue weighted by Gasteiger charge is -2.50. The Morgan fingerprint density at radius 1 is 0.875 bits per heavy atom. The van der Waals surface area contributed by atoms with E-state index in [0.29, 0.717) is 33.7 Å². The van der Waals surface area contributed by atoms with Crippen molar-refractivity contribution in [2.45, 2.75) is 28.5 Å². The maximum atomic E-state index is 14.3. The molecule has 1 N–H and O–H groups in total. The fraction of sp³-hybridized carbons (Fsp3) is 0.306. The molecule has 7 rings (SSSR count). The van der Waals surface area contributed by atoms with Gasteiger partial charge in [0, 0.05) is 17.0 Å². The SMILES string of the molecule is O=C(c1ccccc1)c1ccc(N2C(=O)[C@H]3[C@H](CC=C4[C@H]3C[C@@]3(Cl)C(=O)N(CBr)C(=O)[C@@]3(Cl)[C@H]4c3ccc(OCCO)cc3)C2=O)cc1. The molecule has 3 fully saturated rings. The van der Waals surface area contributed by atoms with Crippen LogP contribution in [-0.2, 0) is 19.2 Å². The number of likely N-dealkylation sites (tertiary alicyclic amines) is 1. The molecule has 3 aromatic rings. The lowest BCUT2D eigenvalue weighted by atomic mass is 9.56. The minimum absolute atomic E-state index is 0.0925. The zero-order valence-corrected chi connectivity index (χ0v) is 28.5. The molecular formula is C36H29BrCl2N2O7. The Balaban J connectivity index is 1.26. The Morgan fingerprint density at radius 3 is 2.19 bits per heavy atom. The second-order valence-corrected chi connectivity index (χ2v) is 14.1. The topological polar surface area (TPSA) is 121 Å². The number of aliphatic hydroxyl groups is 1. The van der Waals surface area contributed by atoms with Crippen LogP contribution in [0.3, 0.4) is 0 Å². The van der Waals surface area contributed by atoms with Crippen LogP contribution in [0.4, 0.5) is 5.69 Å². The number of imide groups is 2. The standard InChI is InChI=1S/C36H29BrCl2N2O7/c37-19-40-33(46)35(38)18-27-25(29(36(35,39)34(40)47)20-8-12-24(13-9-20)48-17-16-42)14-15-26-28(27)32(45)41(31(26)44)23-10-6-22(7-11-23)30(43)21-4-2-1-3-5-21/h1-14,26-29,42H,15-19H2/t26-,27+,28-,29-,35+,36-/m0/s1. The maximum Gasteiger partial charge on any atom is 0.254 e. The summed E-state index contributed by atoms with van der Waals surface area (Å²) in [6.07, 6.45) is 1.98. The first-order valence-corrected chi connectivity index (χ1v) is 17.4. The Morgan fingerprint density at radius 2 is 1.54 bits per heavy atom. The highest BCUT2D eigenvalue weighted by Gasteiger charge is 2.76. The van der Waals surface area contributed by atoms with Crippen LogP contribution in [0.5, 0.6) is 5.75 Å². The number of hydrogen-bond donors (Lipinski definition) is 1. The molecule has 2 saturated heterocycles. The average Bonchev–Trinajstić information content (AvgIpc) is 3.45. The van der Waals surface area contributed by atoms with Crippen molar-refractivity contribution in [2.75, 3.05) is 23.6 Å². The van der Waals surface area contributed by atoms with Gasteiger partial charge in [0.1, 0.15) is 12.4 Å². The van der Waals surface area contributed by atoms with Crippen LogP contribution in [0, 0.1) is 17.8 Å². The van der Waals surface area contributed by atoms with Gasteiger partial charge in [-0.15, -0.1) is 23.2 Å². The summed E-state index contributed by atoms with van der Waals surface area (Å²) in [6.45, 7) is -0.0744. The normalized spacial score (nSPS) is 29.4. The van der Waals surface area contributed by atoms with Crippen molar-refractivity contribution in [3.05, 3.63) is 107 Å². The van der Waals surface area contributed by atoms with Crippen LogP contribution >= 0.6 is 39.1 Å². The quantitative estimate of drug-likeness (QED) is 0.110. The molecule has 2 heterocycles. The van der Waals surface area contributed by atoms with E-state index >= 15 is 0 Å². The Labute approximate surface area is 294 Å². The number of anilines is 1. The molecule has 0 unspecified atom stereocenters. The number of alkyl halides is 3. The predicted molar refractivity (Wildman–Crippen MR) is 181 cm³/mol. The highest BCUT2D eigenvalue weighted by Crippen LogP contribution is 2.65. The van der Waals surface area contributed by atoms with E-state index in [9.17, 15) is 24.0 Å². The number of ketones is 1. The molecule has 0 radical (unpaired) electrons. The Bertz CT molecular complexity index is 1870. The number of ether oxygens (including phenoxy) is 1. The molecule has 0 spiro atoms. The van der Waals surface area contributed by atoms with Crippen LogP contribution in [0.15, 0.2) is 90.5 Å². The summed E-state index contributed by atoms with van der Waals surface area (Å²) in [4.78, 5) is 67.3. The van der Waals surface area contributed by atoms with Gasteiger partial charge in [-0.3, -0.25) is 33.8 Å². The molecular weight excluding hydrogens is 723 g/mol. The molecule has 246 valence electrons. The van der Waals surface area contributed by atoms with Crippen molar-refractivity contribution in [3.63, 3.8) is 0 Å². The fourth-order valence-electron chi connectivity index (χ4n) is 7.82. The number of aliphatic hydroxyl groups excluding tert-OH is 1. The highest BCUT2D eigenvalue weighted by atomic mass is 79.9. The van der Waals surface area contributed by atoms with Gasteiger partial charge in [0.25, 0.3) is 11.8 Å². The van der Waals surface area contributed by atoms with Gasteiger partial charge in [-0.1, -0.05) is 70.0 Å². The average molecular weight is 752 g/mol. The van der Waals surface area contributed by atoms with Crippen molar-refractivity contribution in [1.29, 1.82) is 0 Å². The van der Waals surface area contributed by atoms with Crippen molar-refractivity contribution >= 4 is 74.2 Å². The van der Waals surface area contributed by atoms with Crippen LogP contribution in [0.25, 0.3) is 0 Å². The molecule has 4 aliphatic rings. The molecule has 3 aromatic carbocycles. The third-order valence-electron chi connectivity index (χ3n) is 10.0. The van der Waals surface area contributed by atoms with Crippen molar-refractivity contribution in [1.82, 2.24) is 4.90 Å². The molecule has 4 amide bonds. The van der Waals surface area contributed by atoms with Gasteiger partial charge in [-0.05, 0) is 60.7 Å². The molecule has 48 heavy (non-hydrogen) atoms. The molecule has 12 heteroatoms. The zero-order valence-electron chi connectivity index (χ0n) is 25.4. The lowest BCUT2D eigenvalue weighted by molar-refractivity contribution is -0.138. The number of allylic oxidation sites excluding steroid dienone is 2. The van der Waals surface area contributed by atoms with E-state index in [-0.39, 0.29) is 43.2 Å². The first-order chi connectivity index (χ1) is 23.1. The fourth-order valence-corrected chi connectivity index (χ4v) is 9.25. The molecule has 2 aliphatic carbocycles. The molecule has 0 bridgehead atoms. The van der Waals surface area contributed by atoms with Gasteiger partial charge < -0.3 is 9.84 Å². The molecule has 0 aromatic heterocycles. The number of rotatable bonds is 8. The predicted octanol–water partition coefficient (Wildman–Crippen LogP) is 5.20. The number of benzene rings is 3. The first kappa shape index (κ1) is 32.7. The van der Waals surface area contributed by atoms with Crippen LogP contribution < -0.4 is 9.64 Å². The molecule has 6 atom stereocenters. The largest absolute Gasteiger partial charge is 0.491 e. The van der Waals surface area contributed by atoms with Gasteiger partial charge in [0.05, 0.1) is 29.6 Å². The van der Waals surface area contributed by atoms with Crippen molar-refractivity contribution in [2.24, 2.45) is 17.8 Å². The molecule has 9 nitrogen and oxygen atoms in total. The summed E-state index contributed by atoms with van der Waals surface area (Å²) in [5, 5.41) is 9.16. The number of carbonyl (C=O) groups excluding carboxylic acids is 5. The lowest BCUT2D eigenvalue weighted by Crippen LogP contribution is -2.60.